The van der Waals surface area contributed by atoms with Crippen molar-refractivity contribution in [1.82, 2.24) is 14.9 Å². The van der Waals surface area contributed by atoms with E-state index in [9.17, 15) is 9.90 Å². The second-order valence-corrected chi connectivity index (χ2v) is 8.48. The molecule has 180 valence electrons. The normalized spacial score (nSPS) is 25.3. The summed E-state index contributed by atoms with van der Waals surface area (Å²) in [6.07, 6.45) is 8.32. The molecular formula is C22H33N7O4. The van der Waals surface area contributed by atoms with Crippen molar-refractivity contribution >= 4 is 30.3 Å². The first-order valence-electron chi connectivity index (χ1n) is 11.7. The van der Waals surface area contributed by atoms with Gasteiger partial charge in [-0.05, 0) is 19.3 Å². The van der Waals surface area contributed by atoms with Gasteiger partial charge >= 0.3 is 5.97 Å². The Labute approximate surface area is 193 Å². The van der Waals surface area contributed by atoms with Crippen LogP contribution in [-0.4, -0.2) is 109 Å². The molecule has 4 heterocycles. The van der Waals surface area contributed by atoms with Crippen LogP contribution in [0, 0.1) is 0 Å². The highest BCUT2D eigenvalue weighted by molar-refractivity contribution is 6.02. The molecule has 33 heavy (non-hydrogen) atoms. The third-order valence-corrected chi connectivity index (χ3v) is 6.16. The van der Waals surface area contributed by atoms with Gasteiger partial charge in [0.1, 0.15) is 12.2 Å². The van der Waals surface area contributed by atoms with Crippen molar-refractivity contribution in [3.8, 4) is 0 Å². The van der Waals surface area contributed by atoms with E-state index in [4.69, 9.17) is 14.5 Å². The number of ether oxygens (including phenoxy) is 2. The Hall–Kier alpha value is -2.63. The molecule has 1 unspecified atom stereocenters. The second-order valence-electron chi connectivity index (χ2n) is 8.48. The fraction of sp³-hybridized carbons (Fsp3) is 0.682. The number of hydrogen-bond acceptors (Lipinski definition) is 10. The van der Waals surface area contributed by atoms with Gasteiger partial charge in [-0.2, -0.15) is 4.98 Å². The monoisotopic (exact) mass is 459 g/mol. The minimum absolute atomic E-state index is 0.228. The standard InChI is InChI=1S/C13H20N4O.C9H13N3O3/c1-2-10-9-14-13(17-5-7-18-8-6-17)16-12(10)15-11-3-4-11;13-8(14)9(5-10-7-11-6-9)12-1-3-15-4-2-12/h9,11H,2-8H2,1H3,(H,14,15,16);5,7H,1-4,6H2,(H,13,14). The van der Waals surface area contributed by atoms with Crippen LogP contribution < -0.4 is 10.2 Å². The molecule has 3 aliphatic heterocycles. The second kappa shape index (κ2) is 11.0. The maximum Gasteiger partial charge on any atom is 0.331 e. The van der Waals surface area contributed by atoms with Crippen molar-refractivity contribution in [3.05, 3.63) is 11.8 Å². The number of anilines is 2. The Morgan fingerprint density at radius 1 is 1.18 bits per heavy atom. The van der Waals surface area contributed by atoms with Crippen molar-refractivity contribution in [2.45, 2.75) is 37.8 Å². The number of carboxylic acid groups (broad SMARTS) is 1. The van der Waals surface area contributed by atoms with E-state index >= 15 is 0 Å². The fourth-order valence-electron chi connectivity index (χ4n) is 3.94. The molecule has 3 fully saturated rings. The van der Waals surface area contributed by atoms with Crippen LogP contribution in [0.1, 0.15) is 25.3 Å². The Balaban J connectivity index is 0.000000160. The molecule has 1 saturated carbocycles. The highest BCUT2D eigenvalue weighted by atomic mass is 16.5. The summed E-state index contributed by atoms with van der Waals surface area (Å²) in [4.78, 5) is 32.3. The van der Waals surface area contributed by atoms with Gasteiger partial charge in [0.15, 0.2) is 5.54 Å². The number of nitrogens with one attached hydrogen (secondary N) is 1. The molecule has 11 nitrogen and oxygen atoms in total. The molecular weight excluding hydrogens is 426 g/mol. The highest BCUT2D eigenvalue weighted by Gasteiger charge is 2.44. The van der Waals surface area contributed by atoms with Gasteiger partial charge in [0.2, 0.25) is 5.95 Å². The zero-order valence-electron chi connectivity index (χ0n) is 19.1. The van der Waals surface area contributed by atoms with Crippen molar-refractivity contribution in [1.29, 1.82) is 0 Å². The van der Waals surface area contributed by atoms with E-state index in [1.807, 2.05) is 11.1 Å². The summed E-state index contributed by atoms with van der Waals surface area (Å²) in [5, 5.41) is 12.8. The first kappa shape index (κ1) is 23.5. The maximum atomic E-state index is 11.3. The van der Waals surface area contributed by atoms with Gasteiger partial charge in [-0.25, -0.2) is 14.8 Å². The van der Waals surface area contributed by atoms with E-state index in [0.717, 1.165) is 44.5 Å². The summed E-state index contributed by atoms with van der Waals surface area (Å²) in [5.74, 6) is 0.958. The Bertz CT molecular complexity index is 864. The highest BCUT2D eigenvalue weighted by Crippen LogP contribution is 2.27. The number of rotatable bonds is 6. The molecule has 1 aliphatic carbocycles. The van der Waals surface area contributed by atoms with Crippen LogP contribution >= 0.6 is 0 Å². The minimum Gasteiger partial charge on any atom is -0.480 e. The van der Waals surface area contributed by atoms with E-state index in [1.165, 1.54) is 31.0 Å². The summed E-state index contributed by atoms with van der Waals surface area (Å²) in [5.41, 5.74) is 0.136. The lowest BCUT2D eigenvalue weighted by molar-refractivity contribution is -0.148. The fourth-order valence-corrected chi connectivity index (χ4v) is 3.94. The first-order chi connectivity index (χ1) is 16.1. The molecule has 2 saturated heterocycles. The lowest BCUT2D eigenvalue weighted by atomic mass is 9.97. The summed E-state index contributed by atoms with van der Waals surface area (Å²) in [7, 11) is 0. The van der Waals surface area contributed by atoms with E-state index in [-0.39, 0.29) is 6.54 Å². The van der Waals surface area contributed by atoms with Gasteiger partial charge in [-0.15, -0.1) is 0 Å². The molecule has 0 aromatic carbocycles. The number of aromatic nitrogens is 2. The molecule has 0 radical (unpaired) electrons. The maximum absolute atomic E-state index is 11.3. The van der Waals surface area contributed by atoms with Crippen LogP contribution in [0.3, 0.4) is 0 Å². The molecule has 5 rings (SSSR count). The van der Waals surface area contributed by atoms with Crippen LogP contribution in [-0.2, 0) is 20.7 Å². The summed E-state index contributed by atoms with van der Waals surface area (Å²) < 4.78 is 10.6. The van der Waals surface area contributed by atoms with Gasteiger partial charge in [-0.1, -0.05) is 6.92 Å². The smallest absolute Gasteiger partial charge is 0.331 e. The van der Waals surface area contributed by atoms with E-state index in [1.54, 1.807) is 0 Å². The average molecular weight is 460 g/mol. The zero-order valence-corrected chi connectivity index (χ0v) is 19.1. The van der Waals surface area contributed by atoms with Crippen LogP contribution in [0.15, 0.2) is 16.2 Å². The quantitative estimate of drug-likeness (QED) is 0.632. The molecule has 4 aliphatic rings. The summed E-state index contributed by atoms with van der Waals surface area (Å²) in [6.45, 7) is 8.01. The van der Waals surface area contributed by atoms with E-state index in [2.05, 4.69) is 32.1 Å². The number of carboxylic acids is 1. The predicted molar refractivity (Wildman–Crippen MR) is 126 cm³/mol. The number of hydrogen-bond donors (Lipinski definition) is 2. The number of nitrogens with zero attached hydrogens (tertiary/aromatic N) is 6. The van der Waals surface area contributed by atoms with Crippen molar-refractivity contribution in [2.24, 2.45) is 9.98 Å². The molecule has 1 aromatic rings. The zero-order chi connectivity index (χ0) is 23.1. The van der Waals surface area contributed by atoms with E-state index in [0.29, 0.717) is 32.3 Å². The Morgan fingerprint density at radius 2 is 1.88 bits per heavy atom. The SMILES string of the molecule is CCc1cnc(N2CCOCC2)nc1NC1CC1.O=C(O)C1(N2CCOCC2)C=NC=NC1. The van der Waals surface area contributed by atoms with Crippen LogP contribution in [0.5, 0.6) is 0 Å². The van der Waals surface area contributed by atoms with Gasteiger partial charge in [0.25, 0.3) is 0 Å². The topological polar surface area (TPSA) is 125 Å². The Morgan fingerprint density at radius 3 is 2.45 bits per heavy atom. The number of aliphatic imine (C=N–C) groups is 2. The minimum atomic E-state index is -1.07. The van der Waals surface area contributed by atoms with Crippen LogP contribution in [0.4, 0.5) is 11.8 Å². The molecule has 1 atom stereocenters. The number of aryl methyl sites for hydroxylation is 1. The van der Waals surface area contributed by atoms with Gasteiger partial charge < -0.3 is 24.8 Å². The molecule has 11 heteroatoms. The van der Waals surface area contributed by atoms with Crippen LogP contribution in [0.2, 0.25) is 0 Å². The summed E-state index contributed by atoms with van der Waals surface area (Å²) in [6, 6.07) is 0.628. The molecule has 0 spiro atoms. The third kappa shape index (κ3) is 5.84. The van der Waals surface area contributed by atoms with Gasteiger partial charge in [0.05, 0.1) is 33.0 Å². The van der Waals surface area contributed by atoms with Crippen molar-refractivity contribution in [2.75, 3.05) is 69.4 Å². The number of morpholine rings is 2. The number of carbonyl (C=O) groups is 1. The Kier molecular flexibility index (Phi) is 7.84. The van der Waals surface area contributed by atoms with Gasteiger partial charge in [-0.3, -0.25) is 9.89 Å². The van der Waals surface area contributed by atoms with E-state index < -0.39 is 11.5 Å². The lowest BCUT2D eigenvalue weighted by Crippen LogP contribution is -2.62. The first-order valence-corrected chi connectivity index (χ1v) is 11.7. The molecule has 2 N–H and O–H groups in total. The van der Waals surface area contributed by atoms with Crippen LogP contribution in [0.25, 0.3) is 0 Å². The molecule has 0 amide bonds. The predicted octanol–water partition coefficient (Wildman–Crippen LogP) is 0.705. The third-order valence-electron chi connectivity index (χ3n) is 6.16. The van der Waals surface area contributed by atoms with Crippen molar-refractivity contribution < 1.29 is 19.4 Å². The van der Waals surface area contributed by atoms with Crippen molar-refractivity contribution in [3.63, 3.8) is 0 Å². The van der Waals surface area contributed by atoms with Gasteiger partial charge in [0, 0.05) is 50.2 Å². The average Bonchev–Trinajstić information content (AvgIpc) is 3.70. The number of aliphatic carboxylic acids is 1. The summed E-state index contributed by atoms with van der Waals surface area (Å²) >= 11 is 0. The largest absolute Gasteiger partial charge is 0.480 e. The molecule has 1 aromatic heterocycles. The molecule has 0 bridgehead atoms. The lowest BCUT2D eigenvalue weighted by Gasteiger charge is -2.39.